The van der Waals surface area contributed by atoms with Crippen LogP contribution in [-0.4, -0.2) is 72.6 Å². The minimum Gasteiger partial charge on any atom is -0.388 e. The van der Waals surface area contributed by atoms with Crippen LogP contribution in [0.25, 0.3) is 11.0 Å². The highest BCUT2D eigenvalue weighted by atomic mass is 79.9. The second kappa shape index (κ2) is 11.2. The smallest absolute Gasteiger partial charge is 0.263 e. The third kappa shape index (κ3) is 5.50. The summed E-state index contributed by atoms with van der Waals surface area (Å²) in [6.07, 6.45) is 4.62. The molecule has 0 unspecified atom stereocenters. The Hall–Kier alpha value is -3.28. The number of nitrogens with zero attached hydrogens (tertiary/aromatic N) is 5. The number of carbonyl (C=O) groups is 2. The minimum absolute atomic E-state index is 0.00557. The number of aliphatic hydroxyl groups is 1. The van der Waals surface area contributed by atoms with Crippen molar-refractivity contribution in [2.45, 2.75) is 37.3 Å². The lowest BCUT2D eigenvalue weighted by Crippen LogP contribution is -2.53. The van der Waals surface area contributed by atoms with E-state index in [4.69, 9.17) is 0 Å². The van der Waals surface area contributed by atoms with E-state index in [9.17, 15) is 19.5 Å². The molecule has 1 aromatic carbocycles. The number of hydrogen-bond donors (Lipinski definition) is 1. The van der Waals surface area contributed by atoms with Crippen LogP contribution in [0.5, 0.6) is 0 Å². The van der Waals surface area contributed by atoms with Crippen LogP contribution in [0.2, 0.25) is 0 Å². The van der Waals surface area contributed by atoms with E-state index in [1.807, 2.05) is 59.3 Å². The van der Waals surface area contributed by atoms with Crippen molar-refractivity contribution < 1.29 is 14.7 Å². The maximum absolute atomic E-state index is 13.9. The first-order valence-corrected chi connectivity index (χ1v) is 15.4. The number of aryl methyl sites for hydroxylation is 1. The molecule has 2 fully saturated rings. The summed E-state index contributed by atoms with van der Waals surface area (Å²) in [5.74, 6) is -0.312. The number of rotatable bonds is 5. The van der Waals surface area contributed by atoms with Gasteiger partial charge in [0.05, 0.1) is 26.2 Å². The van der Waals surface area contributed by atoms with Gasteiger partial charge < -0.3 is 19.5 Å². The third-order valence-electron chi connectivity index (χ3n) is 8.55. The number of benzene rings is 1. The molecule has 2 saturated heterocycles. The van der Waals surface area contributed by atoms with Gasteiger partial charge in [0.1, 0.15) is 12.0 Å². The standard InChI is InChI=1S/C30H32BrN5O4S/c1-33-13-9-22-26(33)32-19-36(28(22)38)18-30(40)11-15-34(16-12-30)27(37)21-10-14-35(29(39)24-7-8-25(31)41-24)17-23(21)20-5-3-2-4-6-20/h2-9,13,19,21,23,40H,10-12,14-18H2,1H3/t21-,23+/m1/s1. The Morgan fingerprint density at radius 3 is 2.54 bits per heavy atom. The molecule has 0 aliphatic carbocycles. The average molecular weight is 639 g/mol. The van der Waals surface area contributed by atoms with Gasteiger partial charge in [-0.05, 0) is 59.0 Å². The molecule has 214 valence electrons. The molecular formula is C30H32BrN5O4S. The zero-order valence-corrected chi connectivity index (χ0v) is 25.2. The zero-order valence-electron chi connectivity index (χ0n) is 22.8. The molecule has 9 nitrogen and oxygen atoms in total. The van der Waals surface area contributed by atoms with E-state index in [0.29, 0.717) is 61.4 Å². The highest BCUT2D eigenvalue weighted by Gasteiger charge is 2.41. The second-order valence-corrected chi connectivity index (χ2v) is 13.6. The Morgan fingerprint density at radius 2 is 1.83 bits per heavy atom. The summed E-state index contributed by atoms with van der Waals surface area (Å²) >= 11 is 4.86. The fourth-order valence-electron chi connectivity index (χ4n) is 6.20. The van der Waals surface area contributed by atoms with Crippen LogP contribution in [0.1, 0.15) is 40.4 Å². The molecule has 5 heterocycles. The maximum atomic E-state index is 13.9. The maximum Gasteiger partial charge on any atom is 0.263 e. The Bertz CT molecular complexity index is 1640. The molecule has 4 aromatic rings. The van der Waals surface area contributed by atoms with Crippen molar-refractivity contribution >= 4 is 50.1 Å². The molecule has 2 aliphatic heterocycles. The fraction of sp³-hybridized carbons (Fsp3) is 0.400. The number of halogens is 1. The molecule has 41 heavy (non-hydrogen) atoms. The van der Waals surface area contributed by atoms with Gasteiger partial charge in [-0.25, -0.2) is 4.98 Å². The normalized spacial score (nSPS) is 20.9. The van der Waals surface area contributed by atoms with Crippen LogP contribution in [-0.2, 0) is 18.4 Å². The molecule has 2 atom stereocenters. The molecule has 6 rings (SSSR count). The summed E-state index contributed by atoms with van der Waals surface area (Å²) in [5, 5.41) is 11.9. The van der Waals surface area contributed by atoms with Gasteiger partial charge in [0.25, 0.3) is 11.5 Å². The third-order valence-corrected chi connectivity index (χ3v) is 10.2. The summed E-state index contributed by atoms with van der Waals surface area (Å²) in [6.45, 7) is 1.95. The fourth-order valence-corrected chi connectivity index (χ4v) is 7.56. The van der Waals surface area contributed by atoms with E-state index in [1.54, 1.807) is 16.8 Å². The van der Waals surface area contributed by atoms with Crippen LogP contribution in [0, 0.1) is 5.92 Å². The lowest BCUT2D eigenvalue weighted by Gasteiger charge is -2.43. The first kappa shape index (κ1) is 27.9. The van der Waals surface area contributed by atoms with Gasteiger partial charge in [0.2, 0.25) is 5.91 Å². The van der Waals surface area contributed by atoms with Crippen molar-refractivity contribution in [2.24, 2.45) is 13.0 Å². The lowest BCUT2D eigenvalue weighted by atomic mass is 9.79. The first-order valence-electron chi connectivity index (χ1n) is 13.8. The summed E-state index contributed by atoms with van der Waals surface area (Å²) in [7, 11) is 1.84. The number of thiophene rings is 1. The second-order valence-electron chi connectivity index (χ2n) is 11.2. The van der Waals surface area contributed by atoms with E-state index in [2.05, 4.69) is 20.9 Å². The number of piperidine rings is 2. The van der Waals surface area contributed by atoms with Crippen LogP contribution >= 0.6 is 27.3 Å². The van der Waals surface area contributed by atoms with Gasteiger partial charge in [-0.15, -0.1) is 11.3 Å². The summed E-state index contributed by atoms with van der Waals surface area (Å²) in [4.78, 5) is 49.0. The van der Waals surface area contributed by atoms with Crippen molar-refractivity contribution in [1.29, 1.82) is 0 Å². The quantitative estimate of drug-likeness (QED) is 0.358. The topological polar surface area (TPSA) is 101 Å². The lowest BCUT2D eigenvalue weighted by molar-refractivity contribution is -0.142. The van der Waals surface area contributed by atoms with Crippen LogP contribution in [0.15, 0.2) is 69.6 Å². The van der Waals surface area contributed by atoms with Gasteiger partial charge in [-0.2, -0.15) is 0 Å². The SMILES string of the molecule is Cn1ccc2c(=O)n(CC3(O)CCN(C(=O)[C@@H]4CCN(C(=O)c5ccc(Br)s5)C[C@H]4c4ccccc4)CC3)cnc21. The molecular weight excluding hydrogens is 606 g/mol. The molecule has 0 spiro atoms. The largest absolute Gasteiger partial charge is 0.388 e. The monoisotopic (exact) mass is 637 g/mol. The van der Waals surface area contributed by atoms with Gasteiger partial charge in [-0.3, -0.25) is 19.0 Å². The predicted octanol–water partition coefficient (Wildman–Crippen LogP) is 3.86. The molecule has 2 aliphatic rings. The van der Waals surface area contributed by atoms with Crippen LogP contribution in [0.4, 0.5) is 0 Å². The first-order chi connectivity index (χ1) is 19.7. The summed E-state index contributed by atoms with van der Waals surface area (Å²) < 4.78 is 4.19. The van der Waals surface area contributed by atoms with Gasteiger partial charge in [0, 0.05) is 51.3 Å². The minimum atomic E-state index is -1.10. The highest BCUT2D eigenvalue weighted by molar-refractivity contribution is 9.11. The van der Waals surface area contributed by atoms with E-state index < -0.39 is 5.60 Å². The van der Waals surface area contributed by atoms with Crippen LogP contribution in [0.3, 0.4) is 0 Å². The van der Waals surface area contributed by atoms with Gasteiger partial charge in [0.15, 0.2) is 0 Å². The number of aromatic nitrogens is 3. The highest BCUT2D eigenvalue weighted by Crippen LogP contribution is 2.36. The molecule has 0 radical (unpaired) electrons. The summed E-state index contributed by atoms with van der Waals surface area (Å²) in [5.41, 5.74) is 0.383. The Kier molecular flexibility index (Phi) is 7.60. The number of likely N-dealkylation sites (tertiary alicyclic amines) is 2. The number of carbonyl (C=O) groups excluding carboxylic acids is 2. The predicted molar refractivity (Wildman–Crippen MR) is 161 cm³/mol. The van der Waals surface area contributed by atoms with E-state index in [0.717, 1.165) is 9.35 Å². The Balaban J connectivity index is 1.15. The van der Waals surface area contributed by atoms with Crippen molar-refractivity contribution in [3.05, 3.63) is 85.6 Å². The van der Waals surface area contributed by atoms with Gasteiger partial charge >= 0.3 is 0 Å². The molecule has 0 bridgehead atoms. The Morgan fingerprint density at radius 1 is 1.07 bits per heavy atom. The van der Waals surface area contributed by atoms with E-state index in [-0.39, 0.29) is 35.8 Å². The number of hydrogen-bond acceptors (Lipinski definition) is 6. The molecule has 0 saturated carbocycles. The molecule has 1 N–H and O–H groups in total. The van der Waals surface area contributed by atoms with Crippen LogP contribution < -0.4 is 5.56 Å². The van der Waals surface area contributed by atoms with Crippen molar-refractivity contribution in [2.75, 3.05) is 26.2 Å². The molecule has 3 aromatic heterocycles. The molecule has 2 amide bonds. The van der Waals surface area contributed by atoms with Gasteiger partial charge in [-0.1, -0.05) is 30.3 Å². The van der Waals surface area contributed by atoms with Crippen molar-refractivity contribution in [3.63, 3.8) is 0 Å². The van der Waals surface area contributed by atoms with Crippen molar-refractivity contribution in [3.8, 4) is 0 Å². The Labute approximate surface area is 250 Å². The average Bonchev–Trinajstić information content (AvgIpc) is 3.60. The van der Waals surface area contributed by atoms with Crippen molar-refractivity contribution in [1.82, 2.24) is 23.9 Å². The van der Waals surface area contributed by atoms with E-state index in [1.165, 1.54) is 22.2 Å². The summed E-state index contributed by atoms with van der Waals surface area (Å²) in [6, 6.07) is 15.4. The van der Waals surface area contributed by atoms with E-state index >= 15 is 0 Å². The molecule has 11 heteroatoms. The zero-order chi connectivity index (χ0) is 28.7. The number of amides is 2. The number of fused-ring (bicyclic) bond motifs is 1.